The summed E-state index contributed by atoms with van der Waals surface area (Å²) in [7, 11) is 0. The normalized spacial score (nSPS) is 10.1. The number of aryl methyl sites for hydroxylation is 1. The zero-order chi connectivity index (χ0) is 9.84. The maximum Gasteiger partial charge on any atom is 0.173 e. The van der Waals surface area contributed by atoms with Crippen LogP contribution in [0, 0.1) is 11.6 Å². The Morgan fingerprint density at radius 3 is 2.62 bits per heavy atom. The van der Waals surface area contributed by atoms with Crippen molar-refractivity contribution in [3.05, 3.63) is 33.8 Å². The van der Waals surface area contributed by atoms with Gasteiger partial charge in [0, 0.05) is 6.42 Å². The minimum absolute atomic E-state index is 0.0971. The van der Waals surface area contributed by atoms with Crippen LogP contribution in [0.5, 0.6) is 0 Å². The number of aldehydes is 1. The molecule has 0 aromatic heterocycles. The summed E-state index contributed by atoms with van der Waals surface area (Å²) in [4.78, 5) is 10.0. The van der Waals surface area contributed by atoms with Crippen LogP contribution in [0.3, 0.4) is 0 Å². The van der Waals surface area contributed by atoms with Crippen LogP contribution in [0.25, 0.3) is 0 Å². The molecule has 0 N–H and O–H groups in total. The van der Waals surface area contributed by atoms with Crippen LogP contribution in [-0.4, -0.2) is 6.29 Å². The number of carbonyl (C=O) groups excluding carboxylic acids is 1. The molecule has 0 amide bonds. The van der Waals surface area contributed by atoms with Gasteiger partial charge in [0.25, 0.3) is 0 Å². The zero-order valence-electron chi connectivity index (χ0n) is 6.69. The number of hydrogen-bond donors (Lipinski definition) is 0. The van der Waals surface area contributed by atoms with Gasteiger partial charge in [0.1, 0.15) is 6.29 Å². The van der Waals surface area contributed by atoms with Gasteiger partial charge >= 0.3 is 0 Å². The van der Waals surface area contributed by atoms with Gasteiger partial charge in [-0.2, -0.15) is 0 Å². The van der Waals surface area contributed by atoms with E-state index in [1.165, 1.54) is 12.1 Å². The van der Waals surface area contributed by atoms with Gasteiger partial charge < -0.3 is 4.79 Å². The third kappa shape index (κ3) is 2.34. The van der Waals surface area contributed by atoms with E-state index in [4.69, 9.17) is 0 Å². The molecule has 0 heterocycles. The maximum absolute atomic E-state index is 13.1. The molecule has 0 spiro atoms. The van der Waals surface area contributed by atoms with Gasteiger partial charge in [-0.1, -0.05) is 6.07 Å². The van der Waals surface area contributed by atoms with Crippen molar-refractivity contribution in [2.24, 2.45) is 0 Å². The molecule has 0 radical (unpaired) electrons. The largest absolute Gasteiger partial charge is 0.303 e. The second-order valence-corrected chi connectivity index (χ2v) is 3.39. The SMILES string of the molecule is O=CCCc1ccc(Br)c(F)c1F. The summed E-state index contributed by atoms with van der Waals surface area (Å²) < 4.78 is 26.1. The van der Waals surface area contributed by atoms with Gasteiger partial charge in [0.05, 0.1) is 4.47 Å². The van der Waals surface area contributed by atoms with Gasteiger partial charge in [-0.15, -0.1) is 0 Å². The molecule has 1 aromatic rings. The van der Waals surface area contributed by atoms with Crippen molar-refractivity contribution >= 4 is 22.2 Å². The van der Waals surface area contributed by atoms with Crippen molar-refractivity contribution in [3.8, 4) is 0 Å². The molecule has 70 valence electrons. The Morgan fingerprint density at radius 2 is 2.00 bits per heavy atom. The lowest BCUT2D eigenvalue weighted by atomic mass is 10.1. The fraction of sp³-hybridized carbons (Fsp3) is 0.222. The second-order valence-electron chi connectivity index (χ2n) is 2.54. The highest BCUT2D eigenvalue weighted by atomic mass is 79.9. The first-order chi connectivity index (χ1) is 6.16. The molecule has 1 aromatic carbocycles. The van der Waals surface area contributed by atoms with E-state index in [2.05, 4.69) is 15.9 Å². The minimum atomic E-state index is -0.900. The van der Waals surface area contributed by atoms with E-state index in [0.717, 1.165) is 0 Å². The Hall–Kier alpha value is -0.770. The van der Waals surface area contributed by atoms with E-state index in [1.807, 2.05) is 0 Å². The molecule has 0 fully saturated rings. The number of hydrogen-bond acceptors (Lipinski definition) is 1. The van der Waals surface area contributed by atoms with Crippen LogP contribution >= 0.6 is 15.9 Å². The van der Waals surface area contributed by atoms with Crippen molar-refractivity contribution < 1.29 is 13.6 Å². The van der Waals surface area contributed by atoms with E-state index in [1.54, 1.807) is 0 Å². The molecule has 4 heteroatoms. The van der Waals surface area contributed by atoms with Crippen molar-refractivity contribution in [2.45, 2.75) is 12.8 Å². The topological polar surface area (TPSA) is 17.1 Å². The zero-order valence-corrected chi connectivity index (χ0v) is 8.27. The van der Waals surface area contributed by atoms with Crippen molar-refractivity contribution in [1.29, 1.82) is 0 Å². The Kier molecular flexibility index (Phi) is 3.54. The highest BCUT2D eigenvalue weighted by Gasteiger charge is 2.10. The van der Waals surface area contributed by atoms with Crippen LogP contribution in [0.1, 0.15) is 12.0 Å². The second kappa shape index (κ2) is 4.46. The minimum Gasteiger partial charge on any atom is -0.303 e. The van der Waals surface area contributed by atoms with Crippen LogP contribution < -0.4 is 0 Å². The lowest BCUT2D eigenvalue weighted by molar-refractivity contribution is -0.107. The molecule has 0 unspecified atom stereocenters. The molecule has 0 saturated heterocycles. The van der Waals surface area contributed by atoms with E-state index in [-0.39, 0.29) is 22.9 Å². The van der Waals surface area contributed by atoms with Crippen LogP contribution in [0.4, 0.5) is 8.78 Å². The van der Waals surface area contributed by atoms with E-state index >= 15 is 0 Å². The van der Waals surface area contributed by atoms with E-state index < -0.39 is 11.6 Å². The first kappa shape index (κ1) is 10.3. The third-order valence-electron chi connectivity index (χ3n) is 1.65. The fourth-order valence-electron chi connectivity index (χ4n) is 0.973. The Balaban J connectivity index is 2.96. The Bertz CT molecular complexity index is 326. The summed E-state index contributed by atoms with van der Waals surface area (Å²) in [5, 5.41) is 0. The molecular weight excluding hydrogens is 242 g/mol. The molecule has 0 bridgehead atoms. The molecule has 13 heavy (non-hydrogen) atoms. The molecule has 0 atom stereocenters. The number of rotatable bonds is 3. The first-order valence-electron chi connectivity index (χ1n) is 3.73. The lowest BCUT2D eigenvalue weighted by Crippen LogP contribution is -1.95. The Morgan fingerprint density at radius 1 is 1.31 bits per heavy atom. The van der Waals surface area contributed by atoms with Crippen molar-refractivity contribution in [3.63, 3.8) is 0 Å². The monoisotopic (exact) mass is 248 g/mol. The number of halogens is 3. The molecule has 0 saturated carbocycles. The Labute approximate surface area is 82.9 Å². The highest BCUT2D eigenvalue weighted by molar-refractivity contribution is 9.10. The van der Waals surface area contributed by atoms with Crippen LogP contribution in [0.2, 0.25) is 0 Å². The van der Waals surface area contributed by atoms with Gasteiger partial charge in [-0.05, 0) is 34.0 Å². The van der Waals surface area contributed by atoms with Crippen LogP contribution in [0.15, 0.2) is 16.6 Å². The third-order valence-corrected chi connectivity index (χ3v) is 2.26. The van der Waals surface area contributed by atoms with Gasteiger partial charge in [-0.3, -0.25) is 0 Å². The number of benzene rings is 1. The smallest absolute Gasteiger partial charge is 0.173 e. The van der Waals surface area contributed by atoms with Gasteiger partial charge in [-0.25, -0.2) is 8.78 Å². The quantitative estimate of drug-likeness (QED) is 0.594. The van der Waals surface area contributed by atoms with E-state index in [0.29, 0.717) is 6.29 Å². The molecule has 1 nitrogen and oxygen atoms in total. The molecule has 0 aliphatic carbocycles. The fourth-order valence-corrected chi connectivity index (χ4v) is 1.28. The van der Waals surface area contributed by atoms with Gasteiger partial charge in [0.2, 0.25) is 0 Å². The summed E-state index contributed by atoms with van der Waals surface area (Å²) in [6.07, 6.45) is 1.12. The summed E-state index contributed by atoms with van der Waals surface area (Å²) in [6.45, 7) is 0. The highest BCUT2D eigenvalue weighted by Crippen LogP contribution is 2.21. The molecular formula is C9H7BrF2O. The molecule has 0 aliphatic rings. The predicted octanol–water partition coefficient (Wildman–Crippen LogP) is 2.86. The summed E-state index contributed by atoms with van der Waals surface area (Å²) in [6, 6.07) is 2.89. The summed E-state index contributed by atoms with van der Waals surface area (Å²) >= 11 is 2.86. The summed E-state index contributed by atoms with van der Waals surface area (Å²) in [5.41, 5.74) is 0.229. The first-order valence-corrected chi connectivity index (χ1v) is 4.52. The van der Waals surface area contributed by atoms with Crippen LogP contribution in [-0.2, 0) is 11.2 Å². The molecule has 1 rings (SSSR count). The van der Waals surface area contributed by atoms with Crippen molar-refractivity contribution in [2.75, 3.05) is 0 Å². The molecule has 0 aliphatic heterocycles. The van der Waals surface area contributed by atoms with E-state index in [9.17, 15) is 13.6 Å². The van der Waals surface area contributed by atoms with Gasteiger partial charge in [0.15, 0.2) is 11.6 Å². The summed E-state index contributed by atoms with van der Waals surface area (Å²) in [5.74, 6) is -1.78. The number of carbonyl (C=O) groups is 1. The average molecular weight is 249 g/mol. The lowest BCUT2D eigenvalue weighted by Gasteiger charge is -2.02. The average Bonchev–Trinajstić information content (AvgIpc) is 2.13. The predicted molar refractivity (Wildman–Crippen MR) is 48.4 cm³/mol. The standard InChI is InChI=1S/C9H7BrF2O/c10-7-4-3-6(2-1-5-13)8(11)9(7)12/h3-5H,1-2H2. The van der Waals surface area contributed by atoms with Crippen molar-refractivity contribution in [1.82, 2.24) is 0 Å². The maximum atomic E-state index is 13.1.